The normalized spacial score (nSPS) is 13.6. The number of nitrogens with two attached hydrogens (primary N) is 1. The van der Waals surface area contributed by atoms with Crippen LogP contribution in [0.15, 0.2) is 24.3 Å². The molecule has 0 spiro atoms. The third-order valence-electron chi connectivity index (χ3n) is 3.39. The maximum atomic E-state index is 11.9. The molecule has 0 aliphatic heterocycles. The van der Waals surface area contributed by atoms with Gasteiger partial charge in [-0.2, -0.15) is 0 Å². The molecule has 124 valence electrons. The van der Waals surface area contributed by atoms with Gasteiger partial charge >= 0.3 is 6.09 Å². The smallest absolute Gasteiger partial charge is 0.407 e. The molecule has 22 heavy (non-hydrogen) atoms. The fourth-order valence-corrected chi connectivity index (χ4v) is 2.43. The van der Waals surface area contributed by atoms with Gasteiger partial charge in [0, 0.05) is 17.6 Å². The second kappa shape index (κ2) is 7.34. The van der Waals surface area contributed by atoms with Crippen molar-refractivity contribution in [3.05, 3.63) is 34.9 Å². The molecular weight excluding hydrogens is 300 g/mol. The van der Waals surface area contributed by atoms with Gasteiger partial charge in [0.1, 0.15) is 5.60 Å². The van der Waals surface area contributed by atoms with Gasteiger partial charge in [-0.15, -0.1) is 0 Å². The lowest BCUT2D eigenvalue weighted by molar-refractivity contribution is 0.0499. The van der Waals surface area contributed by atoms with E-state index in [1.54, 1.807) is 0 Å². The first kappa shape index (κ1) is 18.8. The third-order valence-corrected chi connectivity index (χ3v) is 3.64. The van der Waals surface area contributed by atoms with Crippen molar-refractivity contribution in [2.75, 3.05) is 6.54 Å². The van der Waals surface area contributed by atoms with E-state index in [4.69, 9.17) is 22.1 Å². The van der Waals surface area contributed by atoms with Crippen LogP contribution in [-0.4, -0.2) is 24.3 Å². The number of hydrogen-bond acceptors (Lipinski definition) is 3. The first-order chi connectivity index (χ1) is 10.0. The van der Waals surface area contributed by atoms with E-state index in [0.29, 0.717) is 18.0 Å². The van der Waals surface area contributed by atoms with Crippen LogP contribution in [0, 0.1) is 0 Å². The molecule has 1 amide bonds. The van der Waals surface area contributed by atoms with Gasteiger partial charge in [0.15, 0.2) is 0 Å². The molecule has 0 heterocycles. The highest BCUT2D eigenvalue weighted by molar-refractivity contribution is 6.30. The summed E-state index contributed by atoms with van der Waals surface area (Å²) in [6, 6.07) is 7.60. The van der Waals surface area contributed by atoms with Gasteiger partial charge in [0.05, 0.1) is 0 Å². The van der Waals surface area contributed by atoms with Gasteiger partial charge in [0.25, 0.3) is 0 Å². The Bertz CT molecular complexity index is 492. The summed E-state index contributed by atoms with van der Waals surface area (Å²) in [5, 5.41) is 3.56. The zero-order chi connectivity index (χ0) is 17.0. The van der Waals surface area contributed by atoms with Crippen molar-refractivity contribution >= 4 is 17.7 Å². The largest absolute Gasteiger partial charge is 0.444 e. The third kappa shape index (κ3) is 6.24. The fourth-order valence-electron chi connectivity index (χ4n) is 2.30. The van der Waals surface area contributed by atoms with Crippen LogP contribution in [-0.2, 0) is 10.2 Å². The minimum atomic E-state index is -0.519. The van der Waals surface area contributed by atoms with E-state index in [0.717, 1.165) is 5.56 Å². The van der Waals surface area contributed by atoms with Crippen LogP contribution in [0.5, 0.6) is 0 Å². The Labute approximate surface area is 138 Å². The lowest BCUT2D eigenvalue weighted by Gasteiger charge is -2.31. The maximum absolute atomic E-state index is 11.9. The Kier molecular flexibility index (Phi) is 6.27. The molecule has 5 heteroatoms. The summed E-state index contributed by atoms with van der Waals surface area (Å²) >= 11 is 5.93. The molecule has 1 aromatic carbocycles. The highest BCUT2D eigenvalue weighted by atomic mass is 35.5. The van der Waals surface area contributed by atoms with Crippen LogP contribution < -0.4 is 11.1 Å². The molecule has 1 atom stereocenters. The van der Waals surface area contributed by atoms with E-state index in [2.05, 4.69) is 19.2 Å². The van der Waals surface area contributed by atoms with E-state index in [1.807, 2.05) is 45.0 Å². The maximum Gasteiger partial charge on any atom is 0.407 e. The van der Waals surface area contributed by atoms with Gasteiger partial charge in [-0.25, -0.2) is 4.79 Å². The Hall–Kier alpha value is -1.26. The van der Waals surface area contributed by atoms with Crippen LogP contribution in [0.1, 0.15) is 46.6 Å². The summed E-state index contributed by atoms with van der Waals surface area (Å²) in [6.45, 7) is 10.1. The lowest BCUT2D eigenvalue weighted by atomic mass is 9.79. The number of rotatable bonds is 5. The molecule has 0 saturated carbocycles. The van der Waals surface area contributed by atoms with E-state index in [1.165, 1.54) is 0 Å². The van der Waals surface area contributed by atoms with Crippen molar-refractivity contribution in [2.24, 2.45) is 5.73 Å². The van der Waals surface area contributed by atoms with Gasteiger partial charge in [-0.05, 0) is 50.3 Å². The molecule has 4 nitrogen and oxygen atoms in total. The number of nitrogens with one attached hydrogen (secondary N) is 1. The highest BCUT2D eigenvalue weighted by Crippen LogP contribution is 2.29. The minimum Gasteiger partial charge on any atom is -0.444 e. The zero-order valence-electron chi connectivity index (χ0n) is 14.1. The van der Waals surface area contributed by atoms with Gasteiger partial charge in [-0.1, -0.05) is 37.6 Å². The average molecular weight is 327 g/mol. The van der Waals surface area contributed by atoms with E-state index >= 15 is 0 Å². The lowest BCUT2D eigenvalue weighted by Crippen LogP contribution is -2.45. The quantitative estimate of drug-likeness (QED) is 0.863. The molecule has 0 aliphatic rings. The van der Waals surface area contributed by atoms with E-state index in [-0.39, 0.29) is 11.5 Å². The first-order valence-electron chi connectivity index (χ1n) is 7.49. The number of halogens is 1. The Morgan fingerprint density at radius 1 is 1.23 bits per heavy atom. The van der Waals surface area contributed by atoms with Crippen LogP contribution in [0.3, 0.4) is 0 Å². The number of carbonyl (C=O) groups excluding carboxylic acids is 1. The van der Waals surface area contributed by atoms with Crippen molar-refractivity contribution < 1.29 is 9.53 Å². The summed E-state index contributed by atoms with van der Waals surface area (Å²) in [5.41, 5.74) is 6.30. The number of ether oxygens (including phenoxy) is 1. The topological polar surface area (TPSA) is 64.3 Å². The molecule has 0 saturated heterocycles. The Balaban J connectivity index is 2.71. The van der Waals surface area contributed by atoms with E-state index < -0.39 is 11.7 Å². The molecular formula is C17H27ClN2O2. The molecule has 0 radical (unpaired) electrons. The van der Waals surface area contributed by atoms with Crippen molar-refractivity contribution in [1.29, 1.82) is 0 Å². The monoisotopic (exact) mass is 326 g/mol. The predicted molar refractivity (Wildman–Crippen MR) is 91.3 cm³/mol. The van der Waals surface area contributed by atoms with Crippen LogP contribution in [0.4, 0.5) is 4.79 Å². The molecule has 1 unspecified atom stereocenters. The second-order valence-electron chi connectivity index (χ2n) is 7.17. The molecule has 0 aliphatic carbocycles. The summed E-state index contributed by atoms with van der Waals surface area (Å²) in [7, 11) is 0. The Morgan fingerprint density at radius 2 is 1.77 bits per heavy atom. The van der Waals surface area contributed by atoms with Crippen molar-refractivity contribution in [3.8, 4) is 0 Å². The number of carbonyl (C=O) groups is 1. The molecule has 0 fully saturated rings. The van der Waals surface area contributed by atoms with Gasteiger partial charge < -0.3 is 15.8 Å². The molecule has 1 rings (SSSR count). The molecule has 0 bridgehead atoms. The van der Waals surface area contributed by atoms with Crippen LogP contribution in [0.2, 0.25) is 5.02 Å². The van der Waals surface area contributed by atoms with E-state index in [9.17, 15) is 4.79 Å². The highest BCUT2D eigenvalue weighted by Gasteiger charge is 2.27. The summed E-state index contributed by atoms with van der Waals surface area (Å²) in [5.74, 6) is 0. The zero-order valence-corrected chi connectivity index (χ0v) is 14.8. The molecule has 3 N–H and O–H groups in total. The number of alkyl carbamates (subject to hydrolysis) is 1. The number of benzene rings is 1. The Morgan fingerprint density at radius 3 is 2.23 bits per heavy atom. The predicted octanol–water partition coefficient (Wildman–Crippen LogP) is 3.86. The summed E-state index contributed by atoms with van der Waals surface area (Å²) in [6.07, 6.45) is 0.277. The summed E-state index contributed by atoms with van der Waals surface area (Å²) in [4.78, 5) is 11.9. The summed E-state index contributed by atoms with van der Waals surface area (Å²) < 4.78 is 5.28. The van der Waals surface area contributed by atoms with Crippen LogP contribution >= 0.6 is 11.6 Å². The standard InChI is InChI=1S/C17H27ClN2O2/c1-16(2,3)22-15(21)20-14(11-19)10-17(4,5)12-6-8-13(18)9-7-12/h6-9,14H,10-11,19H2,1-5H3,(H,20,21). The molecule has 0 aromatic heterocycles. The number of amides is 1. The SMILES string of the molecule is CC(C)(C)OC(=O)NC(CN)CC(C)(C)c1ccc(Cl)cc1. The van der Waals surface area contributed by atoms with Crippen molar-refractivity contribution in [3.63, 3.8) is 0 Å². The van der Waals surface area contributed by atoms with Gasteiger partial charge in [-0.3, -0.25) is 0 Å². The first-order valence-corrected chi connectivity index (χ1v) is 7.87. The van der Waals surface area contributed by atoms with Gasteiger partial charge in [0.2, 0.25) is 0 Å². The molecule has 1 aromatic rings. The van der Waals surface area contributed by atoms with Crippen molar-refractivity contribution in [2.45, 2.75) is 58.1 Å². The minimum absolute atomic E-state index is 0.135. The van der Waals surface area contributed by atoms with Crippen LogP contribution in [0.25, 0.3) is 0 Å². The second-order valence-corrected chi connectivity index (χ2v) is 7.61. The fraction of sp³-hybridized carbons (Fsp3) is 0.588. The average Bonchev–Trinajstić information content (AvgIpc) is 2.35. The van der Waals surface area contributed by atoms with Crippen molar-refractivity contribution in [1.82, 2.24) is 5.32 Å². The number of hydrogen-bond donors (Lipinski definition) is 2.